The van der Waals surface area contributed by atoms with Crippen molar-refractivity contribution in [3.8, 4) is 0 Å². The molecule has 2 aliphatic heterocycles. The Hall–Kier alpha value is -1.58. The molecular weight excluding hydrogens is 310 g/mol. The van der Waals surface area contributed by atoms with Gasteiger partial charge in [-0.15, -0.1) is 5.10 Å². The number of carbonyl (C=O) groups excluding carboxylic acids is 1. The van der Waals surface area contributed by atoms with Crippen molar-refractivity contribution in [2.75, 3.05) is 59.0 Å². The lowest BCUT2D eigenvalue weighted by Gasteiger charge is -2.35. The molecule has 2 saturated heterocycles. The lowest BCUT2D eigenvalue weighted by molar-refractivity contribution is -0.136. The van der Waals surface area contributed by atoms with E-state index in [1.165, 1.54) is 12.8 Å². The molecule has 1 aliphatic carbocycles. The molecule has 1 saturated carbocycles. The van der Waals surface area contributed by atoms with Crippen LogP contribution in [0.4, 0.5) is 0 Å². The SMILES string of the molecule is O=C(CN1CCN(Cc2nnnn2C2CC2)CC1)N1CCOCC1. The van der Waals surface area contributed by atoms with E-state index in [9.17, 15) is 4.79 Å². The molecule has 24 heavy (non-hydrogen) atoms. The van der Waals surface area contributed by atoms with Gasteiger partial charge < -0.3 is 9.64 Å². The minimum absolute atomic E-state index is 0.226. The zero-order valence-corrected chi connectivity index (χ0v) is 14.0. The summed E-state index contributed by atoms with van der Waals surface area (Å²) in [6.07, 6.45) is 2.38. The van der Waals surface area contributed by atoms with Gasteiger partial charge in [0.1, 0.15) is 0 Å². The van der Waals surface area contributed by atoms with Gasteiger partial charge in [0.05, 0.1) is 32.3 Å². The van der Waals surface area contributed by atoms with Crippen LogP contribution < -0.4 is 0 Å². The first-order valence-corrected chi connectivity index (χ1v) is 8.86. The number of morpholine rings is 1. The van der Waals surface area contributed by atoms with Crippen LogP contribution in [0.3, 0.4) is 0 Å². The van der Waals surface area contributed by atoms with Gasteiger partial charge in [0.25, 0.3) is 0 Å². The Morgan fingerprint density at radius 3 is 2.46 bits per heavy atom. The first kappa shape index (κ1) is 15.9. The Morgan fingerprint density at radius 1 is 1.04 bits per heavy atom. The van der Waals surface area contributed by atoms with E-state index in [4.69, 9.17) is 4.74 Å². The molecule has 0 radical (unpaired) electrons. The number of amides is 1. The lowest BCUT2D eigenvalue weighted by atomic mass is 10.3. The maximum absolute atomic E-state index is 12.3. The quantitative estimate of drug-likeness (QED) is 0.682. The number of hydrogen-bond acceptors (Lipinski definition) is 7. The van der Waals surface area contributed by atoms with Crippen molar-refractivity contribution in [3.63, 3.8) is 0 Å². The molecule has 0 bridgehead atoms. The predicted molar refractivity (Wildman–Crippen MR) is 85.2 cm³/mol. The summed E-state index contributed by atoms with van der Waals surface area (Å²) in [5, 5.41) is 12.1. The first-order chi connectivity index (χ1) is 11.8. The Bertz CT molecular complexity index is 560. The predicted octanol–water partition coefficient (Wildman–Crippen LogP) is -1.02. The van der Waals surface area contributed by atoms with E-state index in [1.54, 1.807) is 0 Å². The topological polar surface area (TPSA) is 79.6 Å². The van der Waals surface area contributed by atoms with Crippen LogP contribution >= 0.6 is 0 Å². The molecule has 132 valence electrons. The molecule has 1 aromatic heterocycles. The van der Waals surface area contributed by atoms with Crippen molar-refractivity contribution in [3.05, 3.63) is 5.82 Å². The monoisotopic (exact) mass is 335 g/mol. The molecule has 0 unspecified atom stereocenters. The van der Waals surface area contributed by atoms with Crippen LogP contribution in [-0.4, -0.2) is 99.8 Å². The van der Waals surface area contributed by atoms with Crippen LogP contribution in [0, 0.1) is 0 Å². The smallest absolute Gasteiger partial charge is 0.236 e. The summed E-state index contributed by atoms with van der Waals surface area (Å²) >= 11 is 0. The summed E-state index contributed by atoms with van der Waals surface area (Å²) < 4.78 is 7.28. The molecule has 0 spiro atoms. The van der Waals surface area contributed by atoms with Crippen LogP contribution in [0.15, 0.2) is 0 Å². The normalized spacial score (nSPS) is 23.6. The Balaban J connectivity index is 1.23. The van der Waals surface area contributed by atoms with Gasteiger partial charge in [0.15, 0.2) is 5.82 Å². The second-order valence-electron chi connectivity index (χ2n) is 6.82. The van der Waals surface area contributed by atoms with Gasteiger partial charge in [0, 0.05) is 39.3 Å². The summed E-state index contributed by atoms with van der Waals surface area (Å²) in [6, 6.07) is 0.516. The van der Waals surface area contributed by atoms with E-state index in [-0.39, 0.29) is 5.91 Å². The summed E-state index contributed by atoms with van der Waals surface area (Å²) in [5.41, 5.74) is 0. The second kappa shape index (κ2) is 7.12. The summed E-state index contributed by atoms with van der Waals surface area (Å²) in [7, 11) is 0. The molecule has 1 amide bonds. The fourth-order valence-corrected chi connectivity index (χ4v) is 3.33. The van der Waals surface area contributed by atoms with E-state index in [0.717, 1.165) is 51.6 Å². The van der Waals surface area contributed by atoms with E-state index >= 15 is 0 Å². The highest BCUT2D eigenvalue weighted by atomic mass is 16.5. The molecule has 3 aliphatic rings. The van der Waals surface area contributed by atoms with Crippen LogP contribution in [0.1, 0.15) is 24.7 Å². The standard InChI is InChI=1S/C15H25N7O2/c23-15(21-7-9-24-10-8-21)12-20-5-3-19(4-6-20)11-14-16-17-18-22(14)13-1-2-13/h13H,1-12H2. The minimum atomic E-state index is 0.226. The Kier molecular flexibility index (Phi) is 4.72. The minimum Gasteiger partial charge on any atom is -0.378 e. The average Bonchev–Trinajstić information content (AvgIpc) is 3.37. The molecule has 3 fully saturated rings. The van der Waals surface area contributed by atoms with E-state index in [1.807, 2.05) is 9.58 Å². The first-order valence-electron chi connectivity index (χ1n) is 8.86. The number of carbonyl (C=O) groups is 1. The van der Waals surface area contributed by atoms with Crippen LogP contribution in [0.25, 0.3) is 0 Å². The second-order valence-corrected chi connectivity index (χ2v) is 6.82. The molecule has 1 aromatic rings. The fourth-order valence-electron chi connectivity index (χ4n) is 3.33. The van der Waals surface area contributed by atoms with Gasteiger partial charge in [-0.25, -0.2) is 4.68 Å². The fraction of sp³-hybridized carbons (Fsp3) is 0.867. The van der Waals surface area contributed by atoms with Crippen LogP contribution in [0.5, 0.6) is 0 Å². The zero-order valence-electron chi connectivity index (χ0n) is 14.0. The largest absolute Gasteiger partial charge is 0.378 e. The Labute approximate surface area is 141 Å². The van der Waals surface area contributed by atoms with Crippen molar-refractivity contribution in [1.29, 1.82) is 0 Å². The van der Waals surface area contributed by atoms with Crippen molar-refractivity contribution < 1.29 is 9.53 Å². The molecule has 0 aromatic carbocycles. The number of hydrogen-bond donors (Lipinski definition) is 0. The van der Waals surface area contributed by atoms with Crippen LogP contribution in [0.2, 0.25) is 0 Å². The number of rotatable bonds is 5. The van der Waals surface area contributed by atoms with Crippen molar-refractivity contribution in [2.24, 2.45) is 0 Å². The summed E-state index contributed by atoms with van der Waals surface area (Å²) in [6.45, 7) is 7.84. The highest BCUT2D eigenvalue weighted by Crippen LogP contribution is 2.34. The molecule has 9 heteroatoms. The third kappa shape index (κ3) is 3.73. The highest BCUT2D eigenvalue weighted by molar-refractivity contribution is 5.78. The molecule has 3 heterocycles. The van der Waals surface area contributed by atoms with Gasteiger partial charge in [-0.3, -0.25) is 14.6 Å². The zero-order chi connectivity index (χ0) is 16.4. The maximum Gasteiger partial charge on any atom is 0.236 e. The highest BCUT2D eigenvalue weighted by Gasteiger charge is 2.29. The number of tetrazole rings is 1. The van der Waals surface area contributed by atoms with Gasteiger partial charge in [0.2, 0.25) is 5.91 Å². The molecular formula is C15H25N7O2. The van der Waals surface area contributed by atoms with E-state index < -0.39 is 0 Å². The summed E-state index contributed by atoms with van der Waals surface area (Å²) in [4.78, 5) is 18.9. The van der Waals surface area contributed by atoms with Crippen LogP contribution in [-0.2, 0) is 16.1 Å². The van der Waals surface area contributed by atoms with Gasteiger partial charge in [-0.2, -0.15) is 0 Å². The van der Waals surface area contributed by atoms with Gasteiger partial charge in [-0.05, 0) is 23.3 Å². The molecule has 0 atom stereocenters. The molecule has 0 N–H and O–H groups in total. The number of nitrogens with zero attached hydrogens (tertiary/aromatic N) is 7. The van der Waals surface area contributed by atoms with Crippen molar-refractivity contribution >= 4 is 5.91 Å². The Morgan fingerprint density at radius 2 is 1.75 bits per heavy atom. The molecule has 4 rings (SSSR count). The van der Waals surface area contributed by atoms with Gasteiger partial charge in [-0.1, -0.05) is 0 Å². The third-order valence-corrected chi connectivity index (χ3v) is 5.01. The van der Waals surface area contributed by atoms with Crippen molar-refractivity contribution in [1.82, 2.24) is 34.9 Å². The van der Waals surface area contributed by atoms with Gasteiger partial charge >= 0.3 is 0 Å². The van der Waals surface area contributed by atoms with Crippen molar-refractivity contribution in [2.45, 2.75) is 25.4 Å². The lowest BCUT2D eigenvalue weighted by Crippen LogP contribution is -2.51. The number of aromatic nitrogens is 4. The third-order valence-electron chi connectivity index (χ3n) is 5.01. The maximum atomic E-state index is 12.3. The van der Waals surface area contributed by atoms with E-state index in [0.29, 0.717) is 25.8 Å². The molecule has 9 nitrogen and oxygen atoms in total. The van der Waals surface area contributed by atoms with E-state index in [2.05, 4.69) is 25.3 Å². The number of piperazine rings is 1. The summed E-state index contributed by atoms with van der Waals surface area (Å²) in [5.74, 6) is 1.19. The number of ether oxygens (including phenoxy) is 1. The average molecular weight is 335 g/mol.